The Hall–Kier alpha value is -3.41. The standard InChI is InChI=1S/C29H30O5/c1-31-25-17-15-23(16-18-25)21-32-27-14-8-13-26(34-29(30)24-11-6-3-7-12-24)19-28(27)33-20-22-9-4-2-5-10-22/h2-12,14-18,26-28H,13,19-21H2,1H3/t26-,27+,28+/m0/s1. The summed E-state index contributed by atoms with van der Waals surface area (Å²) in [4.78, 5) is 12.6. The molecule has 176 valence electrons. The van der Waals surface area contributed by atoms with E-state index in [0.717, 1.165) is 16.9 Å². The van der Waals surface area contributed by atoms with Gasteiger partial charge in [0.2, 0.25) is 0 Å². The molecule has 0 spiro atoms. The number of ether oxygens (including phenoxy) is 4. The van der Waals surface area contributed by atoms with E-state index in [9.17, 15) is 4.79 Å². The van der Waals surface area contributed by atoms with Crippen LogP contribution < -0.4 is 4.74 Å². The fourth-order valence-corrected chi connectivity index (χ4v) is 3.89. The molecule has 0 unspecified atom stereocenters. The highest BCUT2D eigenvalue weighted by atomic mass is 16.6. The van der Waals surface area contributed by atoms with E-state index in [4.69, 9.17) is 18.9 Å². The van der Waals surface area contributed by atoms with Crippen LogP contribution in [0.3, 0.4) is 0 Å². The van der Waals surface area contributed by atoms with E-state index < -0.39 is 0 Å². The first-order chi connectivity index (χ1) is 16.7. The van der Waals surface area contributed by atoms with Gasteiger partial charge in [0, 0.05) is 12.8 Å². The van der Waals surface area contributed by atoms with Gasteiger partial charge < -0.3 is 18.9 Å². The third-order valence-corrected chi connectivity index (χ3v) is 5.78. The fourth-order valence-electron chi connectivity index (χ4n) is 3.89. The summed E-state index contributed by atoms with van der Waals surface area (Å²) in [5, 5.41) is 0. The van der Waals surface area contributed by atoms with Crippen molar-refractivity contribution in [2.24, 2.45) is 0 Å². The number of carbonyl (C=O) groups is 1. The molecule has 1 aliphatic rings. The molecule has 0 heterocycles. The molecule has 4 rings (SSSR count). The van der Waals surface area contributed by atoms with Crippen molar-refractivity contribution >= 4 is 5.97 Å². The van der Waals surface area contributed by atoms with E-state index in [1.165, 1.54) is 0 Å². The Kier molecular flexibility index (Phi) is 8.49. The van der Waals surface area contributed by atoms with Crippen molar-refractivity contribution in [3.63, 3.8) is 0 Å². The van der Waals surface area contributed by atoms with Crippen LogP contribution in [-0.4, -0.2) is 31.4 Å². The van der Waals surface area contributed by atoms with Crippen molar-refractivity contribution in [3.8, 4) is 5.75 Å². The van der Waals surface area contributed by atoms with Crippen molar-refractivity contribution in [1.82, 2.24) is 0 Å². The Balaban J connectivity index is 1.43. The summed E-state index contributed by atoms with van der Waals surface area (Å²) in [5.74, 6) is 0.490. The molecular formula is C29H30O5. The Labute approximate surface area is 200 Å². The summed E-state index contributed by atoms with van der Waals surface area (Å²) < 4.78 is 23.7. The highest BCUT2D eigenvalue weighted by molar-refractivity contribution is 5.89. The van der Waals surface area contributed by atoms with Crippen LogP contribution in [0.25, 0.3) is 0 Å². The molecule has 5 heteroatoms. The van der Waals surface area contributed by atoms with Crippen LogP contribution in [0.2, 0.25) is 0 Å². The lowest BCUT2D eigenvalue weighted by molar-refractivity contribution is -0.0807. The summed E-state index contributed by atoms with van der Waals surface area (Å²) in [6.45, 7) is 0.903. The van der Waals surface area contributed by atoms with Crippen LogP contribution >= 0.6 is 0 Å². The van der Waals surface area contributed by atoms with Crippen molar-refractivity contribution < 1.29 is 23.7 Å². The van der Waals surface area contributed by atoms with Crippen LogP contribution in [0.15, 0.2) is 97.1 Å². The number of rotatable bonds is 9. The van der Waals surface area contributed by atoms with Gasteiger partial charge in [-0.1, -0.05) is 72.8 Å². The lowest BCUT2D eigenvalue weighted by Crippen LogP contribution is -2.33. The molecule has 3 atom stereocenters. The third-order valence-electron chi connectivity index (χ3n) is 5.78. The smallest absolute Gasteiger partial charge is 0.338 e. The minimum absolute atomic E-state index is 0.258. The molecule has 34 heavy (non-hydrogen) atoms. The second-order valence-electron chi connectivity index (χ2n) is 8.25. The Bertz CT molecular complexity index is 1050. The third kappa shape index (κ3) is 6.80. The zero-order valence-electron chi connectivity index (χ0n) is 19.3. The first-order valence-corrected chi connectivity index (χ1v) is 11.5. The fraction of sp³-hybridized carbons (Fsp3) is 0.276. The van der Waals surface area contributed by atoms with E-state index in [0.29, 0.717) is 31.6 Å². The predicted octanol–water partition coefficient (Wildman–Crippen LogP) is 5.74. The monoisotopic (exact) mass is 458 g/mol. The highest BCUT2D eigenvalue weighted by Gasteiger charge is 2.29. The minimum atomic E-state index is -0.321. The lowest BCUT2D eigenvalue weighted by Gasteiger charge is -2.27. The van der Waals surface area contributed by atoms with E-state index in [1.807, 2.05) is 84.9 Å². The minimum Gasteiger partial charge on any atom is -0.497 e. The average molecular weight is 459 g/mol. The van der Waals surface area contributed by atoms with E-state index >= 15 is 0 Å². The quantitative estimate of drug-likeness (QED) is 0.302. The van der Waals surface area contributed by atoms with Crippen LogP contribution in [-0.2, 0) is 27.4 Å². The first-order valence-electron chi connectivity index (χ1n) is 11.5. The number of carbonyl (C=O) groups excluding carboxylic acids is 1. The molecule has 0 N–H and O–H groups in total. The number of hydrogen-bond acceptors (Lipinski definition) is 5. The zero-order chi connectivity index (χ0) is 23.6. The van der Waals surface area contributed by atoms with Gasteiger partial charge in [-0.2, -0.15) is 0 Å². The van der Waals surface area contributed by atoms with Crippen molar-refractivity contribution in [2.45, 2.75) is 44.4 Å². The van der Waals surface area contributed by atoms with Gasteiger partial charge in [0.25, 0.3) is 0 Å². The molecule has 3 aromatic carbocycles. The molecule has 0 bridgehead atoms. The van der Waals surface area contributed by atoms with Gasteiger partial charge in [-0.25, -0.2) is 4.79 Å². The molecule has 0 fully saturated rings. The molecule has 0 amide bonds. The maximum atomic E-state index is 12.6. The highest BCUT2D eigenvalue weighted by Crippen LogP contribution is 2.24. The van der Waals surface area contributed by atoms with Crippen LogP contribution in [0.5, 0.6) is 5.75 Å². The van der Waals surface area contributed by atoms with Crippen LogP contribution in [0.4, 0.5) is 0 Å². The van der Waals surface area contributed by atoms with Gasteiger partial charge in [-0.05, 0) is 35.4 Å². The molecule has 0 aliphatic heterocycles. The Morgan fingerprint density at radius 1 is 0.824 bits per heavy atom. The topological polar surface area (TPSA) is 54.0 Å². The summed E-state index contributed by atoms with van der Waals surface area (Å²) in [6.07, 6.45) is 4.40. The largest absolute Gasteiger partial charge is 0.497 e. The molecule has 0 saturated carbocycles. The average Bonchev–Trinajstić information content (AvgIpc) is 3.09. The van der Waals surface area contributed by atoms with Crippen LogP contribution in [0, 0.1) is 0 Å². The van der Waals surface area contributed by atoms with E-state index in [1.54, 1.807) is 19.2 Å². The number of hydrogen-bond donors (Lipinski definition) is 0. The Morgan fingerprint density at radius 3 is 2.18 bits per heavy atom. The summed E-state index contributed by atoms with van der Waals surface area (Å²) in [6, 6.07) is 26.9. The lowest BCUT2D eigenvalue weighted by atomic mass is 10.1. The molecule has 1 aliphatic carbocycles. The second kappa shape index (κ2) is 12.2. The zero-order valence-corrected chi connectivity index (χ0v) is 19.3. The van der Waals surface area contributed by atoms with Gasteiger partial charge in [0.15, 0.2) is 0 Å². The maximum Gasteiger partial charge on any atom is 0.338 e. The summed E-state index contributed by atoms with van der Waals surface area (Å²) >= 11 is 0. The number of esters is 1. The first kappa shape index (κ1) is 23.7. The van der Waals surface area contributed by atoms with Crippen molar-refractivity contribution in [1.29, 1.82) is 0 Å². The normalized spacial score (nSPS) is 19.9. The van der Waals surface area contributed by atoms with Crippen molar-refractivity contribution in [2.75, 3.05) is 7.11 Å². The summed E-state index contributed by atoms with van der Waals surface area (Å²) in [5.41, 5.74) is 2.68. The molecule has 0 saturated heterocycles. The van der Waals surface area contributed by atoms with Gasteiger partial charge in [-0.15, -0.1) is 0 Å². The molecule has 0 radical (unpaired) electrons. The molecule has 3 aromatic rings. The van der Waals surface area contributed by atoms with Crippen LogP contribution in [0.1, 0.15) is 34.3 Å². The van der Waals surface area contributed by atoms with Gasteiger partial charge >= 0.3 is 5.97 Å². The predicted molar refractivity (Wildman–Crippen MR) is 131 cm³/mol. The van der Waals surface area contributed by atoms with Gasteiger partial charge in [0.05, 0.1) is 32.0 Å². The SMILES string of the molecule is COc1ccc(CO[C@@H]2C=CC[C@H](OC(=O)c3ccccc3)C[C@H]2OCc2ccccc2)cc1. The molecule has 0 aromatic heterocycles. The molecule has 5 nitrogen and oxygen atoms in total. The number of benzene rings is 3. The van der Waals surface area contributed by atoms with Crippen molar-refractivity contribution in [3.05, 3.63) is 114 Å². The van der Waals surface area contributed by atoms with Gasteiger partial charge in [-0.3, -0.25) is 0 Å². The number of methoxy groups -OCH3 is 1. The summed E-state index contributed by atoms with van der Waals surface area (Å²) in [7, 11) is 1.65. The van der Waals surface area contributed by atoms with Gasteiger partial charge in [0.1, 0.15) is 18.0 Å². The maximum absolute atomic E-state index is 12.6. The molecular weight excluding hydrogens is 428 g/mol. The Morgan fingerprint density at radius 2 is 1.47 bits per heavy atom. The van der Waals surface area contributed by atoms with E-state index in [-0.39, 0.29) is 24.3 Å². The second-order valence-corrected chi connectivity index (χ2v) is 8.25. The van der Waals surface area contributed by atoms with E-state index in [2.05, 4.69) is 0 Å².